The third-order valence-electron chi connectivity index (χ3n) is 3.89. The minimum Gasteiger partial charge on any atom is -0.0855 e. The maximum absolute atomic E-state index is 3.70. The molecule has 90 valence electrons. The molecule has 18 heavy (non-hydrogen) atoms. The Bertz CT molecular complexity index is 536. The molecule has 0 heterocycles. The molecular formula is C16H16BBr. The van der Waals surface area contributed by atoms with Gasteiger partial charge in [0.25, 0.3) is 0 Å². The van der Waals surface area contributed by atoms with Crippen LogP contribution in [0.5, 0.6) is 0 Å². The van der Waals surface area contributed by atoms with Crippen molar-refractivity contribution >= 4 is 29.2 Å². The summed E-state index contributed by atoms with van der Waals surface area (Å²) >= 11 is 3.70. The Morgan fingerprint density at radius 1 is 0.778 bits per heavy atom. The van der Waals surface area contributed by atoms with Gasteiger partial charge < -0.3 is 0 Å². The molecule has 0 unspecified atom stereocenters. The second kappa shape index (κ2) is 4.93. The van der Waals surface area contributed by atoms with Gasteiger partial charge in [0.15, 0.2) is 0 Å². The van der Waals surface area contributed by atoms with Crippen molar-refractivity contribution in [3.05, 3.63) is 63.1 Å². The highest BCUT2D eigenvalue weighted by Gasteiger charge is 2.07. The van der Waals surface area contributed by atoms with Gasteiger partial charge in [-0.2, -0.15) is 0 Å². The van der Waals surface area contributed by atoms with Gasteiger partial charge >= 0.3 is 0 Å². The van der Waals surface area contributed by atoms with Crippen molar-refractivity contribution in [1.29, 1.82) is 0 Å². The number of hydrogen-bond donors (Lipinski definition) is 0. The molecule has 0 aromatic heterocycles. The van der Waals surface area contributed by atoms with E-state index in [4.69, 9.17) is 0 Å². The molecule has 0 fully saturated rings. The average Bonchev–Trinajstić information content (AvgIpc) is 2.34. The topological polar surface area (TPSA) is 0 Å². The highest BCUT2D eigenvalue weighted by molar-refractivity contribution is 9.10. The van der Waals surface area contributed by atoms with E-state index in [0.717, 1.165) is 25.7 Å². The lowest BCUT2D eigenvalue weighted by molar-refractivity contribution is 0.922. The SMILES string of the molecule is Bc1cc2ccc1CCc1ccc(c(Br)c1)CC2. The Morgan fingerprint density at radius 3 is 2.06 bits per heavy atom. The maximum atomic E-state index is 3.70. The molecule has 0 radical (unpaired) electrons. The largest absolute Gasteiger partial charge is 0.139 e. The van der Waals surface area contributed by atoms with E-state index in [0.29, 0.717) is 0 Å². The van der Waals surface area contributed by atoms with E-state index in [1.165, 1.54) is 32.2 Å². The zero-order valence-corrected chi connectivity index (χ0v) is 12.3. The first kappa shape index (κ1) is 12.0. The normalized spacial score (nSPS) is 14.3. The first-order valence-corrected chi connectivity index (χ1v) is 7.37. The highest BCUT2D eigenvalue weighted by Crippen LogP contribution is 2.22. The lowest BCUT2D eigenvalue weighted by Crippen LogP contribution is -2.13. The Morgan fingerprint density at radius 2 is 1.39 bits per heavy atom. The van der Waals surface area contributed by atoms with Gasteiger partial charge in [-0.05, 0) is 48.4 Å². The summed E-state index contributed by atoms with van der Waals surface area (Å²) in [6.45, 7) is 0. The molecule has 4 aliphatic rings. The average molecular weight is 299 g/mol. The summed E-state index contributed by atoms with van der Waals surface area (Å²) in [5.74, 6) is 0. The zero-order chi connectivity index (χ0) is 12.5. The van der Waals surface area contributed by atoms with Crippen molar-refractivity contribution in [2.45, 2.75) is 25.7 Å². The highest BCUT2D eigenvalue weighted by atomic mass is 79.9. The summed E-state index contributed by atoms with van der Waals surface area (Å²) in [5, 5.41) is 0. The van der Waals surface area contributed by atoms with Crippen LogP contribution in [0, 0.1) is 0 Å². The van der Waals surface area contributed by atoms with Gasteiger partial charge in [0.2, 0.25) is 0 Å². The van der Waals surface area contributed by atoms with Crippen molar-refractivity contribution in [1.82, 2.24) is 0 Å². The maximum Gasteiger partial charge on any atom is 0.139 e. The smallest absolute Gasteiger partial charge is 0.0855 e. The number of hydrogen-bond acceptors (Lipinski definition) is 0. The van der Waals surface area contributed by atoms with Gasteiger partial charge in [0, 0.05) is 4.47 Å². The van der Waals surface area contributed by atoms with Gasteiger partial charge in [-0.15, -0.1) is 0 Å². The molecule has 2 aromatic carbocycles. The predicted molar refractivity (Wildman–Crippen MR) is 83.6 cm³/mol. The molecular weight excluding hydrogens is 283 g/mol. The van der Waals surface area contributed by atoms with Gasteiger partial charge in [-0.1, -0.05) is 57.3 Å². The molecule has 4 bridgehead atoms. The van der Waals surface area contributed by atoms with Crippen molar-refractivity contribution in [2.24, 2.45) is 0 Å². The second-order valence-corrected chi connectivity index (χ2v) is 6.04. The third kappa shape index (κ3) is 2.39. The molecule has 0 saturated carbocycles. The van der Waals surface area contributed by atoms with Gasteiger partial charge in [-0.3, -0.25) is 0 Å². The van der Waals surface area contributed by atoms with E-state index in [-0.39, 0.29) is 0 Å². The van der Waals surface area contributed by atoms with E-state index in [1.54, 1.807) is 0 Å². The molecule has 0 amide bonds. The Kier molecular flexibility index (Phi) is 3.30. The van der Waals surface area contributed by atoms with Gasteiger partial charge in [-0.25, -0.2) is 0 Å². The summed E-state index contributed by atoms with van der Waals surface area (Å²) in [6, 6.07) is 13.8. The zero-order valence-electron chi connectivity index (χ0n) is 10.7. The van der Waals surface area contributed by atoms with Crippen molar-refractivity contribution < 1.29 is 0 Å². The Labute approximate surface area is 118 Å². The fraction of sp³-hybridized carbons (Fsp3) is 0.250. The van der Waals surface area contributed by atoms with Crippen LogP contribution in [0.1, 0.15) is 22.3 Å². The minimum absolute atomic E-state index is 1.11. The summed E-state index contributed by atoms with van der Waals surface area (Å²) < 4.78 is 1.27. The molecule has 6 rings (SSSR count). The minimum atomic E-state index is 1.11. The van der Waals surface area contributed by atoms with Crippen LogP contribution in [0.15, 0.2) is 40.9 Å². The molecule has 0 N–H and O–H groups in total. The van der Waals surface area contributed by atoms with E-state index in [2.05, 4.69) is 60.2 Å². The van der Waals surface area contributed by atoms with Crippen molar-refractivity contribution in [2.75, 3.05) is 0 Å². The van der Waals surface area contributed by atoms with Crippen LogP contribution in [-0.4, -0.2) is 7.85 Å². The summed E-state index contributed by atoms with van der Waals surface area (Å²) in [5.41, 5.74) is 7.23. The Balaban J connectivity index is 2.03. The number of rotatable bonds is 0. The summed E-state index contributed by atoms with van der Waals surface area (Å²) in [4.78, 5) is 0. The number of halogens is 1. The quantitative estimate of drug-likeness (QED) is 0.656. The van der Waals surface area contributed by atoms with Crippen LogP contribution in [0.4, 0.5) is 0 Å². The number of aryl methyl sites for hydroxylation is 4. The molecule has 0 saturated heterocycles. The molecule has 0 atom stereocenters. The van der Waals surface area contributed by atoms with Crippen LogP contribution in [0.2, 0.25) is 0 Å². The van der Waals surface area contributed by atoms with Crippen LogP contribution < -0.4 is 5.46 Å². The molecule has 0 nitrogen and oxygen atoms in total. The standard InChI is InChI=1S/C16H16BBr/c17-15-9-11-1-5-13(15)6-2-12-4-8-14(7-3-11)16(18)10-12/h1,4-5,8-10H,2-3,6-7,17H2. The summed E-state index contributed by atoms with van der Waals surface area (Å²) in [6.07, 6.45) is 4.50. The first-order chi connectivity index (χ1) is 8.72. The monoisotopic (exact) mass is 298 g/mol. The van der Waals surface area contributed by atoms with E-state index in [1.807, 2.05) is 0 Å². The predicted octanol–water partition coefficient (Wildman–Crippen LogP) is 2.59. The van der Waals surface area contributed by atoms with Crippen LogP contribution in [-0.2, 0) is 25.7 Å². The first-order valence-electron chi connectivity index (χ1n) is 6.58. The van der Waals surface area contributed by atoms with Crippen LogP contribution in [0.25, 0.3) is 0 Å². The van der Waals surface area contributed by atoms with Crippen molar-refractivity contribution in [3.8, 4) is 0 Å². The fourth-order valence-electron chi connectivity index (χ4n) is 2.70. The molecule has 0 spiro atoms. The fourth-order valence-corrected chi connectivity index (χ4v) is 3.33. The lowest BCUT2D eigenvalue weighted by Gasteiger charge is -2.13. The third-order valence-corrected chi connectivity index (χ3v) is 4.63. The van der Waals surface area contributed by atoms with Crippen LogP contribution >= 0.6 is 15.9 Å². The van der Waals surface area contributed by atoms with Crippen LogP contribution in [0.3, 0.4) is 0 Å². The van der Waals surface area contributed by atoms with E-state index in [9.17, 15) is 0 Å². The van der Waals surface area contributed by atoms with Gasteiger partial charge in [0.05, 0.1) is 0 Å². The van der Waals surface area contributed by atoms with Crippen molar-refractivity contribution in [3.63, 3.8) is 0 Å². The van der Waals surface area contributed by atoms with E-state index < -0.39 is 0 Å². The lowest BCUT2D eigenvalue weighted by atomic mass is 9.85. The molecule has 0 aliphatic heterocycles. The van der Waals surface area contributed by atoms with Gasteiger partial charge in [0.1, 0.15) is 7.85 Å². The molecule has 2 aromatic rings. The van der Waals surface area contributed by atoms with E-state index >= 15 is 0 Å². The molecule has 4 aliphatic carbocycles. The number of benzene rings is 2. The second-order valence-electron chi connectivity index (χ2n) is 5.19. The molecule has 2 heteroatoms. The Hall–Kier alpha value is -1.02. The summed E-state index contributed by atoms with van der Waals surface area (Å²) in [7, 11) is 2.24.